The van der Waals surface area contributed by atoms with Crippen LogP contribution < -0.4 is 10.2 Å². The molecule has 0 aliphatic carbocycles. The lowest BCUT2D eigenvalue weighted by molar-refractivity contribution is -0.596. The van der Waals surface area contributed by atoms with Crippen LogP contribution in [0.2, 0.25) is 0 Å². The van der Waals surface area contributed by atoms with Gasteiger partial charge in [-0.3, -0.25) is 0 Å². The maximum atomic E-state index is 12.6. The van der Waals surface area contributed by atoms with Crippen molar-refractivity contribution < 1.29 is 8.98 Å². The third-order valence-electron chi connectivity index (χ3n) is 3.83. The summed E-state index contributed by atoms with van der Waals surface area (Å²) >= 11 is 0. The first-order valence-corrected chi connectivity index (χ1v) is 7.42. The first-order valence-electron chi connectivity index (χ1n) is 7.42. The van der Waals surface area contributed by atoms with Crippen LogP contribution in [-0.2, 0) is 0 Å². The zero-order valence-corrected chi connectivity index (χ0v) is 12.3. The van der Waals surface area contributed by atoms with Crippen molar-refractivity contribution in [1.29, 1.82) is 0 Å². The summed E-state index contributed by atoms with van der Waals surface area (Å²) in [6.07, 6.45) is 3.71. The lowest BCUT2D eigenvalue weighted by Gasteiger charge is -2.07. The summed E-state index contributed by atoms with van der Waals surface area (Å²) in [5.74, 6) is 0. The van der Waals surface area contributed by atoms with Crippen LogP contribution in [0, 0.1) is 0 Å². The van der Waals surface area contributed by atoms with Gasteiger partial charge in [0.05, 0.1) is 5.56 Å². The minimum atomic E-state index is -0.348. The van der Waals surface area contributed by atoms with E-state index < -0.39 is 0 Å². The summed E-state index contributed by atoms with van der Waals surface area (Å²) in [6, 6.07) is 23.2. The Morgan fingerprint density at radius 3 is 2.17 bits per heavy atom. The standard InChI is InChI=1S/C20H14NO2/c22-20-19(21-13-7-2-8-14-21)18(15-9-3-1-4-10-15)16-11-5-6-12-17(16)23-20/h1-14H/q+1. The highest BCUT2D eigenvalue weighted by Crippen LogP contribution is 2.30. The second-order valence-corrected chi connectivity index (χ2v) is 5.26. The Hall–Kier alpha value is -3.20. The van der Waals surface area contributed by atoms with E-state index in [1.54, 1.807) is 4.57 Å². The SMILES string of the molecule is O=c1oc2ccccc2c(-c2ccccc2)c1-[n+]1ccccc1. The van der Waals surface area contributed by atoms with Crippen LogP contribution in [0.3, 0.4) is 0 Å². The van der Waals surface area contributed by atoms with Gasteiger partial charge < -0.3 is 4.42 Å². The number of benzene rings is 2. The highest BCUT2D eigenvalue weighted by molar-refractivity contribution is 5.96. The minimum absolute atomic E-state index is 0.348. The van der Waals surface area contributed by atoms with Crippen molar-refractivity contribution in [3.05, 3.63) is 95.6 Å². The Balaban J connectivity index is 2.18. The van der Waals surface area contributed by atoms with E-state index in [0.717, 1.165) is 16.5 Å². The molecule has 2 aromatic heterocycles. The third-order valence-corrected chi connectivity index (χ3v) is 3.83. The molecule has 0 radical (unpaired) electrons. The molecular formula is C20H14NO2+. The number of hydrogen-bond acceptors (Lipinski definition) is 2. The van der Waals surface area contributed by atoms with Crippen molar-refractivity contribution in [2.45, 2.75) is 0 Å². The van der Waals surface area contributed by atoms with Crippen LogP contribution in [0.15, 0.2) is 94.4 Å². The van der Waals surface area contributed by atoms with Crippen LogP contribution in [0.25, 0.3) is 27.8 Å². The van der Waals surface area contributed by atoms with E-state index in [0.29, 0.717) is 11.3 Å². The van der Waals surface area contributed by atoms with E-state index in [1.807, 2.05) is 85.2 Å². The molecular weight excluding hydrogens is 286 g/mol. The number of hydrogen-bond donors (Lipinski definition) is 0. The number of aromatic nitrogens is 1. The van der Waals surface area contributed by atoms with E-state index in [4.69, 9.17) is 4.42 Å². The molecule has 0 saturated carbocycles. The Morgan fingerprint density at radius 1 is 0.739 bits per heavy atom. The lowest BCUT2D eigenvalue weighted by Crippen LogP contribution is -2.36. The molecule has 3 nitrogen and oxygen atoms in total. The molecule has 0 atom stereocenters. The molecule has 4 rings (SSSR count). The number of fused-ring (bicyclic) bond motifs is 1. The normalized spacial score (nSPS) is 10.8. The second kappa shape index (κ2) is 5.54. The molecule has 0 unspecified atom stereocenters. The van der Waals surface area contributed by atoms with Crippen molar-refractivity contribution in [2.24, 2.45) is 0 Å². The number of nitrogens with zero attached hydrogens (tertiary/aromatic N) is 1. The van der Waals surface area contributed by atoms with E-state index >= 15 is 0 Å². The first-order chi connectivity index (χ1) is 11.3. The quantitative estimate of drug-likeness (QED) is 0.417. The van der Waals surface area contributed by atoms with Gasteiger partial charge in [0.2, 0.25) is 0 Å². The van der Waals surface area contributed by atoms with Crippen LogP contribution in [-0.4, -0.2) is 0 Å². The second-order valence-electron chi connectivity index (χ2n) is 5.26. The van der Waals surface area contributed by atoms with Gasteiger partial charge in [0, 0.05) is 17.5 Å². The van der Waals surface area contributed by atoms with Crippen molar-refractivity contribution >= 4 is 11.0 Å². The number of para-hydroxylation sites is 1. The zero-order valence-electron chi connectivity index (χ0n) is 12.3. The predicted molar refractivity (Wildman–Crippen MR) is 89.5 cm³/mol. The molecule has 3 heteroatoms. The van der Waals surface area contributed by atoms with Gasteiger partial charge in [0.1, 0.15) is 5.58 Å². The topological polar surface area (TPSA) is 34.1 Å². The van der Waals surface area contributed by atoms with Gasteiger partial charge in [-0.2, -0.15) is 4.57 Å². The molecule has 0 spiro atoms. The smallest absolute Gasteiger partial charge is 0.410 e. The molecule has 0 aliphatic heterocycles. The molecule has 0 N–H and O–H groups in total. The fraction of sp³-hybridized carbons (Fsp3) is 0. The molecule has 110 valence electrons. The van der Waals surface area contributed by atoms with Gasteiger partial charge in [0.25, 0.3) is 0 Å². The molecule has 4 aromatic rings. The van der Waals surface area contributed by atoms with Crippen molar-refractivity contribution in [2.75, 3.05) is 0 Å². The molecule has 2 heterocycles. The minimum Gasteiger partial charge on any atom is -0.418 e. The van der Waals surface area contributed by atoms with Gasteiger partial charge in [-0.1, -0.05) is 54.6 Å². The molecule has 0 saturated heterocycles. The summed E-state index contributed by atoms with van der Waals surface area (Å²) in [7, 11) is 0. The van der Waals surface area contributed by atoms with Crippen molar-refractivity contribution in [3.63, 3.8) is 0 Å². The maximum absolute atomic E-state index is 12.6. The maximum Gasteiger partial charge on any atom is 0.410 e. The van der Waals surface area contributed by atoms with Crippen LogP contribution in [0.1, 0.15) is 0 Å². The molecule has 0 aliphatic rings. The Bertz CT molecular complexity index is 1020. The number of pyridine rings is 1. The lowest BCUT2D eigenvalue weighted by atomic mass is 10.00. The van der Waals surface area contributed by atoms with E-state index in [-0.39, 0.29) is 5.63 Å². The zero-order chi connectivity index (χ0) is 15.6. The van der Waals surface area contributed by atoms with Crippen LogP contribution in [0.4, 0.5) is 0 Å². The summed E-state index contributed by atoms with van der Waals surface area (Å²) < 4.78 is 7.34. The monoisotopic (exact) mass is 300 g/mol. The molecule has 0 amide bonds. The van der Waals surface area contributed by atoms with Gasteiger partial charge in [-0.05, 0) is 11.6 Å². The summed E-state index contributed by atoms with van der Waals surface area (Å²) in [6.45, 7) is 0. The fourth-order valence-corrected chi connectivity index (χ4v) is 2.82. The van der Waals surface area contributed by atoms with E-state index in [1.165, 1.54) is 0 Å². The summed E-state index contributed by atoms with van der Waals surface area (Å²) in [5, 5.41) is 0.921. The molecule has 0 fully saturated rings. The first kappa shape index (κ1) is 13.5. The van der Waals surface area contributed by atoms with Gasteiger partial charge in [-0.15, -0.1) is 0 Å². The third kappa shape index (κ3) is 2.32. The van der Waals surface area contributed by atoms with Crippen LogP contribution in [0.5, 0.6) is 0 Å². The van der Waals surface area contributed by atoms with E-state index in [2.05, 4.69) is 0 Å². The molecule has 2 aromatic carbocycles. The molecule has 23 heavy (non-hydrogen) atoms. The highest BCUT2D eigenvalue weighted by Gasteiger charge is 2.23. The van der Waals surface area contributed by atoms with Gasteiger partial charge in [0.15, 0.2) is 12.4 Å². The number of rotatable bonds is 2. The molecule has 0 bridgehead atoms. The highest BCUT2D eigenvalue weighted by atomic mass is 16.4. The van der Waals surface area contributed by atoms with Gasteiger partial charge in [-0.25, -0.2) is 4.79 Å². The predicted octanol–water partition coefficient (Wildman–Crippen LogP) is 3.74. The Kier molecular flexibility index (Phi) is 3.24. The van der Waals surface area contributed by atoms with Crippen molar-refractivity contribution in [1.82, 2.24) is 0 Å². The fourth-order valence-electron chi connectivity index (χ4n) is 2.82. The largest absolute Gasteiger partial charge is 0.418 e. The summed E-state index contributed by atoms with van der Waals surface area (Å²) in [4.78, 5) is 12.6. The van der Waals surface area contributed by atoms with Crippen molar-refractivity contribution in [3.8, 4) is 16.8 Å². The Labute approximate surface area is 133 Å². The van der Waals surface area contributed by atoms with E-state index in [9.17, 15) is 4.79 Å². The average molecular weight is 300 g/mol. The summed E-state index contributed by atoms with van der Waals surface area (Å²) in [5.41, 5.74) is 2.64. The Morgan fingerprint density at radius 2 is 1.39 bits per heavy atom. The average Bonchev–Trinajstić information content (AvgIpc) is 2.62. The van der Waals surface area contributed by atoms with Gasteiger partial charge >= 0.3 is 11.3 Å². The van der Waals surface area contributed by atoms with Crippen LogP contribution >= 0.6 is 0 Å².